The van der Waals surface area contributed by atoms with E-state index in [-0.39, 0.29) is 17.9 Å². The van der Waals surface area contributed by atoms with Crippen LogP contribution in [-0.4, -0.2) is 18.0 Å². The van der Waals surface area contributed by atoms with E-state index in [9.17, 15) is 18.0 Å². The van der Waals surface area contributed by atoms with Gasteiger partial charge in [0.1, 0.15) is 5.82 Å². The molecule has 6 heteroatoms. The van der Waals surface area contributed by atoms with Crippen LogP contribution in [0.1, 0.15) is 37.6 Å². The molecule has 0 aromatic heterocycles. The van der Waals surface area contributed by atoms with Crippen molar-refractivity contribution in [3.63, 3.8) is 0 Å². The quantitative estimate of drug-likeness (QED) is 0.587. The van der Waals surface area contributed by atoms with E-state index in [0.717, 1.165) is 19.1 Å². The van der Waals surface area contributed by atoms with Gasteiger partial charge in [-0.05, 0) is 30.5 Å². The smallest absolute Gasteiger partial charge is 0.289 e. The minimum Gasteiger partial charge on any atom is -0.289 e. The second-order valence-electron chi connectivity index (χ2n) is 5.05. The Balaban J connectivity index is 2.59. The molecule has 0 amide bonds. The van der Waals surface area contributed by atoms with Crippen LogP contribution >= 0.6 is 0 Å². The molecule has 0 heterocycles. The Morgan fingerprint density at radius 2 is 2.05 bits per heavy atom. The molecule has 0 aliphatic heterocycles. The summed E-state index contributed by atoms with van der Waals surface area (Å²) in [5.41, 5.74) is -0.153. The van der Waals surface area contributed by atoms with Crippen LogP contribution in [0.5, 0.6) is 0 Å². The molecule has 0 saturated carbocycles. The molecular weight excluding hydrogens is 273 g/mol. The summed E-state index contributed by atoms with van der Waals surface area (Å²) in [6.45, 7) is 4.28. The Kier molecular flexibility index (Phi) is 5.56. The van der Waals surface area contributed by atoms with Crippen molar-refractivity contribution < 1.29 is 27.7 Å². The van der Waals surface area contributed by atoms with Gasteiger partial charge in [-0.2, -0.15) is 0 Å². The maximum absolute atomic E-state index is 13.9. The SMILES string of the molecule is CC(C)C[C@@H](F)[C@@](C)(F)OOC(=O)c1cccc(F)c1. The topological polar surface area (TPSA) is 35.5 Å². The number of carbonyl (C=O) groups is 1. The standard InChI is InChI=1S/C14H17F3O3/c1-9(2)7-12(16)14(3,17)20-19-13(18)10-5-4-6-11(15)8-10/h4-6,8-9,12H,7H2,1-3H3/t12-,14+/m1/s1. The van der Waals surface area contributed by atoms with E-state index in [4.69, 9.17) is 0 Å². The molecule has 2 atom stereocenters. The zero-order chi connectivity index (χ0) is 15.3. The van der Waals surface area contributed by atoms with E-state index in [1.165, 1.54) is 12.1 Å². The first kappa shape index (κ1) is 16.5. The lowest BCUT2D eigenvalue weighted by molar-refractivity contribution is -0.369. The third-order valence-electron chi connectivity index (χ3n) is 2.58. The van der Waals surface area contributed by atoms with Crippen LogP contribution in [0.4, 0.5) is 13.2 Å². The van der Waals surface area contributed by atoms with E-state index < -0.39 is 23.8 Å². The lowest BCUT2D eigenvalue weighted by Crippen LogP contribution is -2.36. The van der Waals surface area contributed by atoms with Crippen LogP contribution in [0.2, 0.25) is 0 Å². The Hall–Kier alpha value is -1.56. The first-order valence-corrected chi connectivity index (χ1v) is 6.21. The van der Waals surface area contributed by atoms with E-state index in [1.807, 2.05) is 0 Å². The first-order valence-electron chi connectivity index (χ1n) is 6.21. The van der Waals surface area contributed by atoms with Gasteiger partial charge in [-0.25, -0.2) is 18.0 Å². The van der Waals surface area contributed by atoms with E-state index in [1.54, 1.807) is 13.8 Å². The van der Waals surface area contributed by atoms with Crippen molar-refractivity contribution in [2.24, 2.45) is 5.92 Å². The normalized spacial score (nSPS) is 15.8. The van der Waals surface area contributed by atoms with Crippen LogP contribution in [0.3, 0.4) is 0 Å². The molecule has 0 bridgehead atoms. The van der Waals surface area contributed by atoms with Gasteiger partial charge < -0.3 is 0 Å². The maximum Gasteiger partial charge on any atom is 0.373 e. The zero-order valence-corrected chi connectivity index (χ0v) is 11.5. The highest BCUT2D eigenvalue weighted by Crippen LogP contribution is 2.26. The number of hydrogen-bond acceptors (Lipinski definition) is 3. The van der Waals surface area contributed by atoms with Gasteiger partial charge in [0.05, 0.1) is 5.56 Å². The van der Waals surface area contributed by atoms with E-state index in [0.29, 0.717) is 0 Å². The molecular formula is C14H17F3O3. The third kappa shape index (κ3) is 4.85. The number of benzene rings is 1. The molecule has 0 aliphatic rings. The van der Waals surface area contributed by atoms with Crippen LogP contribution < -0.4 is 0 Å². The van der Waals surface area contributed by atoms with Crippen molar-refractivity contribution in [2.45, 2.75) is 39.2 Å². The molecule has 0 unspecified atom stereocenters. The van der Waals surface area contributed by atoms with Crippen molar-refractivity contribution in [1.29, 1.82) is 0 Å². The molecule has 1 aromatic rings. The fourth-order valence-electron chi connectivity index (χ4n) is 1.46. The molecule has 0 fully saturated rings. The Morgan fingerprint density at radius 1 is 1.40 bits per heavy atom. The molecule has 0 N–H and O–H groups in total. The lowest BCUT2D eigenvalue weighted by atomic mass is 10.0. The third-order valence-corrected chi connectivity index (χ3v) is 2.58. The van der Waals surface area contributed by atoms with Crippen molar-refractivity contribution in [3.8, 4) is 0 Å². The van der Waals surface area contributed by atoms with Crippen LogP contribution in [0, 0.1) is 11.7 Å². The summed E-state index contributed by atoms with van der Waals surface area (Å²) in [7, 11) is 0. The summed E-state index contributed by atoms with van der Waals surface area (Å²) in [4.78, 5) is 19.9. The minimum atomic E-state index is -2.76. The summed E-state index contributed by atoms with van der Waals surface area (Å²) in [5, 5.41) is 0. The molecule has 0 spiro atoms. The number of hydrogen-bond donors (Lipinski definition) is 0. The fourth-order valence-corrected chi connectivity index (χ4v) is 1.46. The van der Waals surface area contributed by atoms with E-state index >= 15 is 0 Å². The largest absolute Gasteiger partial charge is 0.373 e. The molecule has 3 nitrogen and oxygen atoms in total. The summed E-state index contributed by atoms with van der Waals surface area (Å²) in [6, 6.07) is 4.60. The highest BCUT2D eigenvalue weighted by molar-refractivity contribution is 5.88. The monoisotopic (exact) mass is 290 g/mol. The maximum atomic E-state index is 13.9. The summed E-state index contributed by atoms with van der Waals surface area (Å²) in [6.07, 6.45) is -2.02. The Bertz CT molecular complexity index is 461. The molecule has 0 radical (unpaired) electrons. The van der Waals surface area contributed by atoms with Gasteiger partial charge in [0.15, 0.2) is 6.17 Å². The van der Waals surface area contributed by atoms with Gasteiger partial charge >= 0.3 is 5.97 Å². The number of carbonyl (C=O) groups excluding carboxylic acids is 1. The average Bonchev–Trinajstić information content (AvgIpc) is 2.35. The highest BCUT2D eigenvalue weighted by atomic mass is 19.2. The van der Waals surface area contributed by atoms with Crippen LogP contribution in [0.25, 0.3) is 0 Å². The number of rotatable bonds is 6. The highest BCUT2D eigenvalue weighted by Gasteiger charge is 2.39. The molecule has 1 aromatic carbocycles. The van der Waals surface area contributed by atoms with Gasteiger partial charge in [0.2, 0.25) is 0 Å². The van der Waals surface area contributed by atoms with Gasteiger partial charge in [0.25, 0.3) is 5.85 Å². The molecule has 0 saturated heterocycles. The zero-order valence-electron chi connectivity index (χ0n) is 11.5. The first-order chi connectivity index (χ1) is 9.22. The van der Waals surface area contributed by atoms with Crippen molar-refractivity contribution in [1.82, 2.24) is 0 Å². The molecule has 20 heavy (non-hydrogen) atoms. The second kappa shape index (κ2) is 6.74. The second-order valence-corrected chi connectivity index (χ2v) is 5.05. The Labute approximate surface area is 115 Å². The molecule has 0 aliphatic carbocycles. The van der Waals surface area contributed by atoms with Crippen molar-refractivity contribution >= 4 is 5.97 Å². The molecule has 112 valence electrons. The van der Waals surface area contributed by atoms with Crippen molar-refractivity contribution in [3.05, 3.63) is 35.6 Å². The van der Waals surface area contributed by atoms with Gasteiger partial charge in [-0.1, -0.05) is 19.9 Å². The predicted molar refractivity (Wildman–Crippen MR) is 66.8 cm³/mol. The van der Waals surface area contributed by atoms with Crippen LogP contribution in [0.15, 0.2) is 24.3 Å². The lowest BCUT2D eigenvalue weighted by Gasteiger charge is -2.23. The van der Waals surface area contributed by atoms with Crippen LogP contribution in [-0.2, 0) is 9.78 Å². The van der Waals surface area contributed by atoms with Gasteiger partial charge in [-0.15, -0.1) is 4.89 Å². The van der Waals surface area contributed by atoms with E-state index in [2.05, 4.69) is 9.78 Å². The summed E-state index contributed by atoms with van der Waals surface area (Å²) < 4.78 is 40.3. The average molecular weight is 290 g/mol. The molecule has 1 rings (SSSR count). The number of alkyl halides is 2. The van der Waals surface area contributed by atoms with Gasteiger partial charge in [-0.3, -0.25) is 4.89 Å². The van der Waals surface area contributed by atoms with Gasteiger partial charge in [0, 0.05) is 6.92 Å². The Morgan fingerprint density at radius 3 is 2.60 bits per heavy atom. The summed E-state index contributed by atoms with van der Waals surface area (Å²) in [5.74, 6) is -4.58. The fraction of sp³-hybridized carbons (Fsp3) is 0.500. The summed E-state index contributed by atoms with van der Waals surface area (Å²) >= 11 is 0. The van der Waals surface area contributed by atoms with Crippen molar-refractivity contribution in [2.75, 3.05) is 0 Å². The minimum absolute atomic E-state index is 0.0789. The predicted octanol–water partition coefficient (Wildman–Crippen LogP) is 3.98. The number of halogens is 3.